The van der Waals surface area contributed by atoms with E-state index in [1.807, 2.05) is 0 Å². The van der Waals surface area contributed by atoms with Gasteiger partial charge in [-0.2, -0.15) is 5.26 Å². The number of sulfone groups is 1. The molecule has 5 atom stereocenters. The molecule has 7 nitrogen and oxygen atoms in total. The van der Waals surface area contributed by atoms with E-state index in [1.165, 1.54) is 0 Å². The fourth-order valence-electron chi connectivity index (χ4n) is 3.25. The van der Waals surface area contributed by atoms with Crippen LogP contribution in [0.1, 0.15) is 6.42 Å². The Kier molecular flexibility index (Phi) is 2.15. The molecule has 3 aliphatic rings. The van der Waals surface area contributed by atoms with Crippen molar-refractivity contribution in [3.8, 4) is 6.07 Å². The Morgan fingerprint density at radius 1 is 1.63 bits per heavy atom. The molecule has 3 saturated heterocycles. The van der Waals surface area contributed by atoms with Crippen molar-refractivity contribution in [2.24, 2.45) is 5.92 Å². The summed E-state index contributed by atoms with van der Waals surface area (Å²) < 4.78 is 34.3. The van der Waals surface area contributed by atoms with Gasteiger partial charge in [-0.25, -0.2) is 13.2 Å². The number of fused-ring (bicyclic) bond motifs is 1. The maximum atomic E-state index is 12.2. The van der Waals surface area contributed by atoms with Crippen molar-refractivity contribution in [2.45, 2.75) is 28.6 Å². The summed E-state index contributed by atoms with van der Waals surface area (Å²) in [6, 6.07) is 1.79. The fraction of sp³-hybridized carbons (Fsp3) is 0.545. The highest BCUT2D eigenvalue weighted by atomic mass is 32.2. The van der Waals surface area contributed by atoms with Crippen LogP contribution in [0.2, 0.25) is 0 Å². The number of nitrogens with zero attached hydrogens (tertiary/aromatic N) is 1. The summed E-state index contributed by atoms with van der Waals surface area (Å²) in [6.45, 7) is 3.22. The van der Waals surface area contributed by atoms with Crippen LogP contribution in [0.15, 0.2) is 12.7 Å². The second-order valence-corrected chi connectivity index (χ2v) is 7.10. The van der Waals surface area contributed by atoms with Crippen molar-refractivity contribution in [3.05, 3.63) is 12.7 Å². The summed E-state index contributed by atoms with van der Waals surface area (Å²) in [5, 5.41) is 6.82. The van der Waals surface area contributed by atoms with Gasteiger partial charge in [0, 0.05) is 12.5 Å². The molecule has 0 aliphatic carbocycles. The third-order valence-corrected chi connectivity index (χ3v) is 6.61. The highest BCUT2D eigenvalue weighted by molar-refractivity contribution is 7.93. The number of nitriles is 1. The minimum atomic E-state index is -3.71. The van der Waals surface area contributed by atoms with E-state index < -0.39 is 49.9 Å². The van der Waals surface area contributed by atoms with Crippen LogP contribution < -0.4 is 0 Å². The molecule has 0 amide bonds. The number of carbonyl (C=O) groups is 2. The molecule has 0 radical (unpaired) electrons. The maximum absolute atomic E-state index is 12.2. The van der Waals surface area contributed by atoms with Gasteiger partial charge in [0.2, 0.25) is 5.60 Å². The van der Waals surface area contributed by atoms with Gasteiger partial charge in [0.15, 0.2) is 9.84 Å². The van der Waals surface area contributed by atoms with Crippen LogP contribution in [0, 0.1) is 17.2 Å². The summed E-state index contributed by atoms with van der Waals surface area (Å²) in [7, 11) is -3.71. The molecule has 0 aromatic heterocycles. The van der Waals surface area contributed by atoms with E-state index in [0.717, 1.165) is 6.08 Å². The van der Waals surface area contributed by atoms with Crippen LogP contribution in [0.4, 0.5) is 0 Å². The zero-order chi connectivity index (χ0) is 14.0. The van der Waals surface area contributed by atoms with Gasteiger partial charge in [-0.3, -0.25) is 4.79 Å². The van der Waals surface area contributed by atoms with E-state index in [4.69, 9.17) is 14.7 Å². The Bertz CT molecular complexity index is 647. The number of ether oxygens (including phenoxy) is 2. The first-order valence-electron chi connectivity index (χ1n) is 5.57. The highest BCUT2D eigenvalue weighted by Gasteiger charge is 2.79. The van der Waals surface area contributed by atoms with E-state index in [0.29, 0.717) is 0 Å². The average molecular weight is 283 g/mol. The zero-order valence-corrected chi connectivity index (χ0v) is 10.4. The third-order valence-electron chi connectivity index (χ3n) is 3.95. The van der Waals surface area contributed by atoms with E-state index in [-0.39, 0.29) is 6.42 Å². The topological polar surface area (TPSA) is 111 Å². The molecule has 0 saturated carbocycles. The summed E-state index contributed by atoms with van der Waals surface area (Å²) in [4.78, 5) is 23.0. The number of hydrogen-bond donors (Lipinski definition) is 0. The lowest BCUT2D eigenvalue weighted by Crippen LogP contribution is -2.44. The van der Waals surface area contributed by atoms with Crippen LogP contribution in [0.5, 0.6) is 0 Å². The Morgan fingerprint density at radius 2 is 2.32 bits per heavy atom. The molecule has 100 valence electrons. The molecule has 5 unspecified atom stereocenters. The number of carbonyl (C=O) groups excluding carboxylic acids is 2. The third kappa shape index (κ3) is 1.23. The summed E-state index contributed by atoms with van der Waals surface area (Å²) in [6.07, 6.45) is -0.332. The lowest BCUT2D eigenvalue weighted by molar-refractivity contribution is -0.151. The zero-order valence-electron chi connectivity index (χ0n) is 9.61. The first-order chi connectivity index (χ1) is 8.87. The molecule has 3 aliphatic heterocycles. The Hall–Kier alpha value is -1.88. The highest BCUT2D eigenvalue weighted by Crippen LogP contribution is 2.57. The van der Waals surface area contributed by atoms with Crippen molar-refractivity contribution >= 4 is 21.8 Å². The van der Waals surface area contributed by atoms with Crippen LogP contribution >= 0.6 is 0 Å². The van der Waals surface area contributed by atoms with Crippen molar-refractivity contribution in [3.63, 3.8) is 0 Å². The van der Waals surface area contributed by atoms with Gasteiger partial charge in [0.25, 0.3) is 0 Å². The molecule has 19 heavy (non-hydrogen) atoms. The maximum Gasteiger partial charge on any atom is 0.330 e. The van der Waals surface area contributed by atoms with Crippen LogP contribution in [-0.4, -0.2) is 42.6 Å². The van der Waals surface area contributed by atoms with Crippen LogP contribution in [0.3, 0.4) is 0 Å². The molecule has 0 aromatic rings. The number of esters is 2. The Balaban J connectivity index is 2.08. The molecule has 3 rings (SSSR count). The molecule has 0 aromatic carbocycles. The first-order valence-corrected chi connectivity index (χ1v) is 7.18. The standard InChI is InChI=1S/C11H9NO6S/c1-2-6(13)17-8-5-3-11(4-12)9(19(5,15)16)7(8)10(14)18-11/h2,5,7-9H,1,3H2. The SMILES string of the molecule is C=CC(=O)OC1C2C(=O)OC3(C#N)CC1S(=O)(=O)C23. The van der Waals surface area contributed by atoms with Gasteiger partial charge in [-0.15, -0.1) is 0 Å². The van der Waals surface area contributed by atoms with Gasteiger partial charge in [-0.05, 0) is 0 Å². The summed E-state index contributed by atoms with van der Waals surface area (Å²) in [5.41, 5.74) is -1.61. The van der Waals surface area contributed by atoms with Crippen molar-refractivity contribution in [1.29, 1.82) is 5.26 Å². The fourth-order valence-corrected chi connectivity index (χ4v) is 6.11. The first kappa shape index (κ1) is 12.2. The predicted octanol–water partition coefficient (Wildman–Crippen LogP) is -0.911. The molecule has 8 heteroatoms. The lowest BCUT2D eigenvalue weighted by Gasteiger charge is -2.24. The smallest absolute Gasteiger partial charge is 0.330 e. The van der Waals surface area contributed by atoms with Gasteiger partial charge in [0.1, 0.15) is 28.6 Å². The Morgan fingerprint density at radius 3 is 2.89 bits per heavy atom. The van der Waals surface area contributed by atoms with Crippen molar-refractivity contribution < 1.29 is 27.5 Å². The molecule has 0 spiro atoms. The average Bonchev–Trinajstić information content (AvgIpc) is 2.82. The van der Waals surface area contributed by atoms with Gasteiger partial charge in [0.05, 0.1) is 0 Å². The molecule has 3 fully saturated rings. The molecular formula is C11H9NO6S. The van der Waals surface area contributed by atoms with Gasteiger partial charge >= 0.3 is 11.9 Å². The van der Waals surface area contributed by atoms with E-state index in [2.05, 4.69) is 6.58 Å². The minimum absolute atomic E-state index is 0.145. The predicted molar refractivity (Wildman–Crippen MR) is 59.1 cm³/mol. The summed E-state index contributed by atoms with van der Waals surface area (Å²) >= 11 is 0. The van der Waals surface area contributed by atoms with Crippen LogP contribution in [0.25, 0.3) is 0 Å². The monoisotopic (exact) mass is 283 g/mol. The quantitative estimate of drug-likeness (QED) is 0.476. The van der Waals surface area contributed by atoms with E-state index in [1.54, 1.807) is 6.07 Å². The molecular weight excluding hydrogens is 274 g/mol. The van der Waals surface area contributed by atoms with Crippen molar-refractivity contribution in [2.75, 3.05) is 0 Å². The second-order valence-electron chi connectivity index (χ2n) is 4.81. The summed E-state index contributed by atoms with van der Waals surface area (Å²) in [5.74, 6) is -2.70. The van der Waals surface area contributed by atoms with E-state index >= 15 is 0 Å². The number of hydrogen-bond acceptors (Lipinski definition) is 7. The van der Waals surface area contributed by atoms with E-state index in [9.17, 15) is 18.0 Å². The molecule has 3 heterocycles. The van der Waals surface area contributed by atoms with Crippen molar-refractivity contribution in [1.82, 2.24) is 0 Å². The molecule has 2 bridgehead atoms. The van der Waals surface area contributed by atoms with Gasteiger partial charge < -0.3 is 9.47 Å². The Labute approximate surface area is 108 Å². The minimum Gasteiger partial charge on any atom is -0.457 e. The second kappa shape index (κ2) is 3.36. The van der Waals surface area contributed by atoms with Gasteiger partial charge in [-0.1, -0.05) is 6.58 Å². The number of rotatable bonds is 2. The molecule has 0 N–H and O–H groups in total. The van der Waals surface area contributed by atoms with Crippen LogP contribution in [-0.2, 0) is 28.9 Å². The largest absolute Gasteiger partial charge is 0.457 e. The lowest BCUT2D eigenvalue weighted by atomic mass is 9.80. The normalized spacial score (nSPS) is 44.5.